The summed E-state index contributed by atoms with van der Waals surface area (Å²) in [7, 11) is 0. The van der Waals surface area contributed by atoms with E-state index in [-0.39, 0.29) is 42.6 Å². The van der Waals surface area contributed by atoms with Gasteiger partial charge in [-0.15, -0.1) is 0 Å². The Morgan fingerprint density at radius 3 is 1.33 bits per heavy atom. The van der Waals surface area contributed by atoms with Crippen LogP contribution >= 0.6 is 0 Å². The molecule has 0 saturated carbocycles. The predicted octanol–water partition coefficient (Wildman–Crippen LogP) is 9.22. The molecule has 0 radical (unpaired) electrons. The van der Waals surface area contributed by atoms with Crippen LogP contribution in [0.1, 0.15) is 132 Å². The number of nitrogens with zero attached hydrogens (tertiary/aromatic N) is 2. The molecule has 0 saturated heterocycles. The van der Waals surface area contributed by atoms with E-state index >= 15 is 0 Å². The van der Waals surface area contributed by atoms with E-state index in [4.69, 9.17) is 0 Å². The van der Waals surface area contributed by atoms with E-state index in [1.165, 1.54) is 4.90 Å². The summed E-state index contributed by atoms with van der Waals surface area (Å²) in [5.41, 5.74) is 2.05. The van der Waals surface area contributed by atoms with Crippen molar-refractivity contribution < 1.29 is 24.0 Å². The highest BCUT2D eigenvalue weighted by molar-refractivity contribution is 6.41. The molecule has 7 heteroatoms. The lowest BCUT2D eigenvalue weighted by atomic mass is 9.82. The standard InChI is InChI=1S/C41H42N2O5/c1-3-5-7-9-13-25(14-10-8-6-4-2)43-40(47)32-21-17-28-26-15-19-30-36-31(39(46)42(38(30)45)23-11-12-24-44)20-16-27(34(26)36)29-18-22-33(41(43)48)37(32)35(28)29/h15-22,24-25H,3-14,23H2,1-2H3. The van der Waals surface area contributed by atoms with Gasteiger partial charge in [-0.25, -0.2) is 0 Å². The molecule has 2 aliphatic heterocycles. The molecule has 2 aliphatic rings. The molecule has 48 heavy (non-hydrogen) atoms. The third-order valence-electron chi connectivity index (χ3n) is 10.6. The molecule has 7 nitrogen and oxygen atoms in total. The molecule has 5 aromatic rings. The van der Waals surface area contributed by atoms with Gasteiger partial charge in [0.1, 0.15) is 6.29 Å². The van der Waals surface area contributed by atoms with Crippen LogP contribution in [0.4, 0.5) is 0 Å². The summed E-state index contributed by atoms with van der Waals surface area (Å²) in [6.07, 6.45) is 11.9. The smallest absolute Gasteiger partial charge is 0.261 e. The van der Waals surface area contributed by atoms with Crippen LogP contribution in [-0.4, -0.2) is 52.3 Å². The second kappa shape index (κ2) is 13.1. The summed E-state index contributed by atoms with van der Waals surface area (Å²) in [6.45, 7) is 4.56. The van der Waals surface area contributed by atoms with E-state index in [2.05, 4.69) is 13.8 Å². The Labute approximate surface area is 280 Å². The first-order valence-corrected chi connectivity index (χ1v) is 17.8. The molecule has 0 fully saturated rings. The van der Waals surface area contributed by atoms with Crippen molar-refractivity contribution in [2.24, 2.45) is 0 Å². The van der Waals surface area contributed by atoms with Crippen molar-refractivity contribution in [2.45, 2.75) is 96.9 Å². The minimum atomic E-state index is -0.353. The fraction of sp³-hybridized carbons (Fsp3) is 0.390. The molecule has 246 valence electrons. The van der Waals surface area contributed by atoms with Gasteiger partial charge in [0.05, 0.1) is 0 Å². The molecule has 2 heterocycles. The molecule has 0 N–H and O–H groups in total. The predicted molar refractivity (Wildman–Crippen MR) is 190 cm³/mol. The first-order chi connectivity index (χ1) is 23.4. The summed E-state index contributed by atoms with van der Waals surface area (Å²) >= 11 is 0. The van der Waals surface area contributed by atoms with Crippen LogP contribution in [0.3, 0.4) is 0 Å². The first-order valence-electron chi connectivity index (χ1n) is 17.8. The maximum absolute atomic E-state index is 14.3. The number of hydrogen-bond acceptors (Lipinski definition) is 5. The van der Waals surface area contributed by atoms with Crippen molar-refractivity contribution >= 4 is 73.0 Å². The van der Waals surface area contributed by atoms with Crippen LogP contribution < -0.4 is 0 Å². The SMILES string of the molecule is CCCCCCC(CCCCCC)N1C(=O)c2ccc3c4ccc5c6c(ccc(c7ccc(c2c37)C1=O)c64)C(=O)N(CCCC=O)C5=O. The monoisotopic (exact) mass is 642 g/mol. The van der Waals surface area contributed by atoms with E-state index in [0.29, 0.717) is 39.4 Å². The number of hydrogen-bond donors (Lipinski definition) is 0. The van der Waals surface area contributed by atoms with Crippen LogP contribution in [0.2, 0.25) is 0 Å². The average molecular weight is 643 g/mol. The Bertz CT molecular complexity index is 1980. The molecule has 0 bridgehead atoms. The van der Waals surface area contributed by atoms with Crippen molar-refractivity contribution in [3.05, 3.63) is 70.8 Å². The van der Waals surface area contributed by atoms with Gasteiger partial charge < -0.3 is 4.79 Å². The second-order valence-electron chi connectivity index (χ2n) is 13.5. The Kier molecular flexibility index (Phi) is 8.71. The maximum atomic E-state index is 14.3. The van der Waals surface area contributed by atoms with E-state index in [9.17, 15) is 24.0 Å². The molecule has 0 aromatic heterocycles. The number of fused-ring (bicyclic) bond motifs is 2. The molecule has 5 aromatic carbocycles. The normalized spacial score (nSPS) is 14.6. The van der Waals surface area contributed by atoms with Gasteiger partial charge in [-0.1, -0.05) is 89.5 Å². The van der Waals surface area contributed by atoms with Gasteiger partial charge in [0.15, 0.2) is 0 Å². The zero-order chi connectivity index (χ0) is 33.5. The Morgan fingerprint density at radius 1 is 0.521 bits per heavy atom. The summed E-state index contributed by atoms with van der Waals surface area (Å²) in [4.78, 5) is 69.6. The number of carbonyl (C=O) groups excluding carboxylic acids is 5. The van der Waals surface area contributed by atoms with Gasteiger partial charge in [-0.3, -0.25) is 29.0 Å². The summed E-state index contributed by atoms with van der Waals surface area (Å²) in [5.74, 6) is -1.13. The molecule has 7 rings (SSSR count). The van der Waals surface area contributed by atoms with Crippen LogP contribution in [0.15, 0.2) is 48.5 Å². The maximum Gasteiger partial charge on any atom is 0.261 e. The number of rotatable bonds is 15. The number of amides is 4. The van der Waals surface area contributed by atoms with Crippen molar-refractivity contribution in [3.63, 3.8) is 0 Å². The first kappa shape index (κ1) is 31.9. The molecule has 0 spiro atoms. The largest absolute Gasteiger partial charge is 0.303 e. The highest BCUT2D eigenvalue weighted by Gasteiger charge is 2.39. The number of unbranched alkanes of at least 4 members (excludes halogenated alkanes) is 7. The van der Waals surface area contributed by atoms with Crippen LogP contribution in [0.25, 0.3) is 43.1 Å². The van der Waals surface area contributed by atoms with Crippen LogP contribution in [-0.2, 0) is 4.79 Å². The van der Waals surface area contributed by atoms with Crippen molar-refractivity contribution in [3.8, 4) is 0 Å². The lowest BCUT2D eigenvalue weighted by Crippen LogP contribution is -2.47. The number of imide groups is 2. The lowest BCUT2D eigenvalue weighted by Gasteiger charge is -2.35. The van der Waals surface area contributed by atoms with E-state index in [1.54, 1.807) is 17.0 Å². The Balaban J connectivity index is 1.35. The van der Waals surface area contributed by atoms with E-state index in [0.717, 1.165) is 103 Å². The van der Waals surface area contributed by atoms with Gasteiger partial charge in [0.2, 0.25) is 0 Å². The van der Waals surface area contributed by atoms with E-state index < -0.39 is 0 Å². The highest BCUT2D eigenvalue weighted by Crippen LogP contribution is 2.46. The quantitative estimate of drug-likeness (QED) is 0.0373. The minimum absolute atomic E-state index is 0.126. The zero-order valence-corrected chi connectivity index (χ0v) is 27.9. The minimum Gasteiger partial charge on any atom is -0.303 e. The average Bonchev–Trinajstić information content (AvgIpc) is 3.10. The molecular formula is C41H42N2O5. The second-order valence-corrected chi connectivity index (χ2v) is 13.5. The van der Waals surface area contributed by atoms with Gasteiger partial charge in [-0.2, -0.15) is 0 Å². The summed E-state index contributed by atoms with van der Waals surface area (Å²) in [6, 6.07) is 15.0. The van der Waals surface area contributed by atoms with Crippen molar-refractivity contribution in [2.75, 3.05) is 6.54 Å². The molecule has 0 aliphatic carbocycles. The van der Waals surface area contributed by atoms with Gasteiger partial charge in [-0.05, 0) is 75.8 Å². The number of carbonyl (C=O) groups is 5. The topological polar surface area (TPSA) is 91.8 Å². The number of benzene rings is 5. The van der Waals surface area contributed by atoms with Crippen molar-refractivity contribution in [1.82, 2.24) is 9.80 Å². The third-order valence-corrected chi connectivity index (χ3v) is 10.6. The van der Waals surface area contributed by atoms with Gasteiger partial charge >= 0.3 is 0 Å². The molecular weight excluding hydrogens is 600 g/mol. The fourth-order valence-corrected chi connectivity index (χ4v) is 8.22. The summed E-state index contributed by atoms with van der Waals surface area (Å²) in [5, 5.41) is 6.57. The molecule has 0 atom stereocenters. The highest BCUT2D eigenvalue weighted by atomic mass is 16.2. The molecule has 4 amide bonds. The Morgan fingerprint density at radius 2 is 0.938 bits per heavy atom. The van der Waals surface area contributed by atoms with Crippen molar-refractivity contribution in [1.29, 1.82) is 0 Å². The zero-order valence-electron chi connectivity index (χ0n) is 27.9. The lowest BCUT2D eigenvalue weighted by molar-refractivity contribution is -0.108. The van der Waals surface area contributed by atoms with Crippen LogP contribution in [0, 0.1) is 0 Å². The fourth-order valence-electron chi connectivity index (χ4n) is 8.22. The Hall–Kier alpha value is -4.65. The van der Waals surface area contributed by atoms with E-state index in [1.807, 2.05) is 36.4 Å². The summed E-state index contributed by atoms with van der Waals surface area (Å²) < 4.78 is 0. The van der Waals surface area contributed by atoms with Crippen LogP contribution in [0.5, 0.6) is 0 Å². The van der Waals surface area contributed by atoms with Gasteiger partial charge in [0, 0.05) is 52.0 Å². The third kappa shape index (κ3) is 4.97. The number of aldehydes is 1. The molecule has 0 unspecified atom stereocenters. The van der Waals surface area contributed by atoms with Gasteiger partial charge in [0.25, 0.3) is 23.6 Å².